The third kappa shape index (κ3) is 3.05. The minimum atomic E-state index is -0.230. The lowest BCUT2D eigenvalue weighted by molar-refractivity contribution is -0.132. The molecule has 0 fully saturated rings. The average molecular weight is 323 g/mol. The van der Waals surface area contributed by atoms with Crippen LogP contribution in [0.4, 0.5) is 0 Å². The van der Waals surface area contributed by atoms with E-state index in [0.717, 1.165) is 15.3 Å². The van der Waals surface area contributed by atoms with Crippen LogP contribution in [0.3, 0.4) is 0 Å². The summed E-state index contributed by atoms with van der Waals surface area (Å²) in [7, 11) is 1.65. The quantitative estimate of drug-likeness (QED) is 0.900. The molecule has 1 atom stereocenters. The monoisotopic (exact) mass is 323 g/mol. The van der Waals surface area contributed by atoms with Crippen molar-refractivity contribution in [2.75, 3.05) is 13.7 Å². The van der Waals surface area contributed by atoms with Gasteiger partial charge in [-0.2, -0.15) is 0 Å². The van der Waals surface area contributed by atoms with Crippen molar-refractivity contribution in [3.8, 4) is 0 Å². The number of aromatic nitrogens is 2. The van der Waals surface area contributed by atoms with Gasteiger partial charge in [0.05, 0.1) is 24.4 Å². The van der Waals surface area contributed by atoms with Gasteiger partial charge in [-0.25, -0.2) is 4.98 Å². The first-order valence-corrected chi connectivity index (χ1v) is 8.00. The van der Waals surface area contributed by atoms with E-state index in [-0.39, 0.29) is 37.1 Å². The number of rotatable bonds is 5. The Labute approximate surface area is 133 Å². The van der Waals surface area contributed by atoms with Crippen LogP contribution in [-0.2, 0) is 11.3 Å². The summed E-state index contributed by atoms with van der Waals surface area (Å²) in [5, 5.41) is 9.72. The number of likely N-dealkylation sites (N-methyl/N-ethyl adjacent to an activating group) is 1. The van der Waals surface area contributed by atoms with Gasteiger partial charge in [-0.3, -0.25) is 14.2 Å². The fourth-order valence-electron chi connectivity index (χ4n) is 2.19. The summed E-state index contributed by atoms with van der Waals surface area (Å²) in [6, 6.07) is -0.230. The van der Waals surface area contributed by atoms with Crippen LogP contribution in [0.15, 0.2) is 11.1 Å². The Hall–Kier alpha value is -1.73. The molecular formula is C15H21N3O3S. The molecule has 2 aromatic heterocycles. The lowest BCUT2D eigenvalue weighted by Crippen LogP contribution is -2.38. The predicted molar refractivity (Wildman–Crippen MR) is 87.3 cm³/mol. The van der Waals surface area contributed by atoms with Gasteiger partial charge in [0.15, 0.2) is 0 Å². The summed E-state index contributed by atoms with van der Waals surface area (Å²) < 4.78 is 1.48. The number of nitrogens with zero attached hydrogens (tertiary/aromatic N) is 3. The van der Waals surface area contributed by atoms with Gasteiger partial charge in [0.1, 0.15) is 4.83 Å². The van der Waals surface area contributed by atoms with Crippen molar-refractivity contribution < 1.29 is 9.90 Å². The van der Waals surface area contributed by atoms with Gasteiger partial charge < -0.3 is 10.0 Å². The lowest BCUT2D eigenvalue weighted by Gasteiger charge is -2.23. The molecule has 2 aromatic rings. The molecule has 6 nitrogen and oxygen atoms in total. The number of fused-ring (bicyclic) bond motifs is 1. The van der Waals surface area contributed by atoms with Gasteiger partial charge in [0.25, 0.3) is 5.56 Å². The SMILES string of the molecule is Cc1sc2ncn(CCC(=O)N(C)C(C)CO)c(=O)c2c1C. The summed E-state index contributed by atoms with van der Waals surface area (Å²) in [6.45, 7) is 5.87. The Morgan fingerprint density at radius 1 is 1.50 bits per heavy atom. The van der Waals surface area contributed by atoms with E-state index in [4.69, 9.17) is 5.11 Å². The summed E-state index contributed by atoms with van der Waals surface area (Å²) in [5.74, 6) is -0.105. The van der Waals surface area contributed by atoms with E-state index < -0.39 is 0 Å². The highest BCUT2D eigenvalue weighted by Gasteiger charge is 2.16. The molecule has 0 spiro atoms. The van der Waals surface area contributed by atoms with Crippen LogP contribution < -0.4 is 5.56 Å². The molecule has 1 unspecified atom stereocenters. The molecule has 0 saturated heterocycles. The smallest absolute Gasteiger partial charge is 0.262 e. The molecule has 7 heteroatoms. The van der Waals surface area contributed by atoms with Crippen LogP contribution in [-0.4, -0.2) is 45.2 Å². The number of carbonyl (C=O) groups excluding carboxylic acids is 1. The van der Waals surface area contributed by atoms with Gasteiger partial charge in [-0.05, 0) is 26.3 Å². The van der Waals surface area contributed by atoms with Crippen LogP contribution >= 0.6 is 11.3 Å². The van der Waals surface area contributed by atoms with Gasteiger partial charge in [0, 0.05) is 24.9 Å². The molecule has 0 saturated carbocycles. The maximum absolute atomic E-state index is 12.5. The Kier molecular flexibility index (Phi) is 4.97. The molecule has 0 aliphatic carbocycles. The third-order valence-corrected chi connectivity index (χ3v) is 5.16. The highest BCUT2D eigenvalue weighted by atomic mass is 32.1. The number of amides is 1. The van der Waals surface area contributed by atoms with Crippen molar-refractivity contribution in [1.29, 1.82) is 0 Å². The number of carbonyl (C=O) groups is 1. The molecule has 0 aromatic carbocycles. The summed E-state index contributed by atoms with van der Waals surface area (Å²) in [5.41, 5.74) is 0.863. The summed E-state index contributed by atoms with van der Waals surface area (Å²) in [4.78, 5) is 32.2. The van der Waals surface area contributed by atoms with Crippen LogP contribution in [0.2, 0.25) is 0 Å². The van der Waals surface area contributed by atoms with Gasteiger partial charge in [0.2, 0.25) is 5.91 Å². The van der Waals surface area contributed by atoms with E-state index in [0.29, 0.717) is 5.39 Å². The summed E-state index contributed by atoms with van der Waals surface area (Å²) in [6.07, 6.45) is 1.71. The van der Waals surface area contributed by atoms with Gasteiger partial charge in [-0.15, -0.1) is 11.3 Å². The summed E-state index contributed by atoms with van der Waals surface area (Å²) >= 11 is 1.51. The Balaban J connectivity index is 2.19. The van der Waals surface area contributed by atoms with Crippen LogP contribution in [0.5, 0.6) is 0 Å². The molecule has 0 radical (unpaired) electrons. The van der Waals surface area contributed by atoms with E-state index in [1.807, 2.05) is 13.8 Å². The maximum Gasteiger partial charge on any atom is 0.262 e. The molecule has 2 heterocycles. The largest absolute Gasteiger partial charge is 0.394 e. The number of aliphatic hydroxyl groups excluding tert-OH is 1. The normalized spacial score (nSPS) is 12.6. The van der Waals surface area contributed by atoms with Gasteiger partial charge in [-0.1, -0.05) is 0 Å². The molecule has 1 amide bonds. The predicted octanol–water partition coefficient (Wildman–Crippen LogP) is 1.30. The Morgan fingerprint density at radius 3 is 2.82 bits per heavy atom. The zero-order valence-corrected chi connectivity index (χ0v) is 14.1. The zero-order valence-electron chi connectivity index (χ0n) is 13.3. The standard InChI is InChI=1S/C15H21N3O3S/c1-9(7-19)17(4)12(20)5-6-18-8-16-14-13(15(18)21)10(2)11(3)22-14/h8-9,19H,5-7H2,1-4H3. The first kappa shape index (κ1) is 16.6. The molecule has 0 aliphatic heterocycles. The highest BCUT2D eigenvalue weighted by Crippen LogP contribution is 2.25. The van der Waals surface area contributed by atoms with Crippen molar-refractivity contribution in [3.05, 3.63) is 27.1 Å². The van der Waals surface area contributed by atoms with Crippen LogP contribution in [0, 0.1) is 13.8 Å². The van der Waals surface area contributed by atoms with Crippen LogP contribution in [0.25, 0.3) is 10.2 Å². The number of aliphatic hydroxyl groups is 1. The van der Waals surface area contributed by atoms with Crippen molar-refractivity contribution in [2.45, 2.75) is 39.8 Å². The van der Waals surface area contributed by atoms with Crippen molar-refractivity contribution in [2.24, 2.45) is 0 Å². The second kappa shape index (κ2) is 6.58. The topological polar surface area (TPSA) is 75.4 Å². The minimum Gasteiger partial charge on any atom is -0.394 e. The van der Waals surface area contributed by atoms with E-state index in [1.165, 1.54) is 27.1 Å². The molecule has 1 N–H and O–H groups in total. The number of thiophene rings is 1. The second-order valence-corrected chi connectivity index (χ2v) is 6.70. The molecule has 22 heavy (non-hydrogen) atoms. The second-order valence-electron chi connectivity index (χ2n) is 5.49. The van der Waals surface area contributed by atoms with Crippen LogP contribution in [0.1, 0.15) is 23.8 Å². The van der Waals surface area contributed by atoms with E-state index in [1.54, 1.807) is 14.0 Å². The number of hydrogen-bond acceptors (Lipinski definition) is 5. The molecule has 0 aliphatic rings. The van der Waals surface area contributed by atoms with Crippen molar-refractivity contribution in [1.82, 2.24) is 14.5 Å². The fraction of sp³-hybridized carbons (Fsp3) is 0.533. The van der Waals surface area contributed by atoms with E-state index >= 15 is 0 Å². The van der Waals surface area contributed by atoms with Crippen molar-refractivity contribution in [3.63, 3.8) is 0 Å². The zero-order chi connectivity index (χ0) is 16.4. The van der Waals surface area contributed by atoms with E-state index in [2.05, 4.69) is 4.98 Å². The Bertz CT molecular complexity index is 750. The number of aryl methyl sites for hydroxylation is 3. The Morgan fingerprint density at radius 2 is 2.18 bits per heavy atom. The lowest BCUT2D eigenvalue weighted by atomic mass is 10.2. The molecule has 2 rings (SSSR count). The fourth-order valence-corrected chi connectivity index (χ4v) is 3.18. The third-order valence-electron chi connectivity index (χ3n) is 4.04. The molecular weight excluding hydrogens is 302 g/mol. The minimum absolute atomic E-state index is 0.0803. The van der Waals surface area contributed by atoms with Crippen molar-refractivity contribution >= 4 is 27.5 Å². The van der Waals surface area contributed by atoms with E-state index in [9.17, 15) is 9.59 Å². The molecule has 0 bridgehead atoms. The number of hydrogen-bond donors (Lipinski definition) is 1. The first-order chi connectivity index (χ1) is 10.4. The highest BCUT2D eigenvalue weighted by molar-refractivity contribution is 7.18. The first-order valence-electron chi connectivity index (χ1n) is 7.18. The van der Waals surface area contributed by atoms with Gasteiger partial charge >= 0.3 is 0 Å². The average Bonchev–Trinajstić information content (AvgIpc) is 2.80. The molecule has 120 valence electrons. The maximum atomic E-state index is 12.5.